The topological polar surface area (TPSA) is 39.2 Å². The van der Waals surface area contributed by atoms with E-state index >= 15 is 0 Å². The van der Waals surface area contributed by atoms with E-state index in [1.807, 2.05) is 24.3 Å². The number of carbonyl (C=O) groups is 1. The molecule has 3 nitrogen and oxygen atoms in total. The first kappa shape index (κ1) is 10.9. The first-order valence-corrected chi connectivity index (χ1v) is 5.19. The molecule has 4 heteroatoms. The fraction of sp³-hybridized carbons (Fsp3) is 0.167. The van der Waals surface area contributed by atoms with E-state index in [2.05, 4.69) is 9.72 Å². The third-order valence-electron chi connectivity index (χ3n) is 2.37. The summed E-state index contributed by atoms with van der Waals surface area (Å²) in [6.07, 6.45) is 1.81. The Morgan fingerprint density at radius 1 is 1.38 bits per heavy atom. The molecule has 0 unspecified atom stereocenters. The third kappa shape index (κ3) is 1.99. The van der Waals surface area contributed by atoms with Crippen LogP contribution in [0.4, 0.5) is 0 Å². The van der Waals surface area contributed by atoms with Gasteiger partial charge in [0.2, 0.25) is 0 Å². The van der Waals surface area contributed by atoms with E-state index in [1.54, 1.807) is 6.20 Å². The molecule has 1 aromatic carbocycles. The van der Waals surface area contributed by atoms with Gasteiger partial charge >= 0.3 is 5.97 Å². The average molecular weight is 236 g/mol. The number of halogens is 1. The number of ether oxygens (including phenoxy) is 1. The van der Waals surface area contributed by atoms with Crippen molar-refractivity contribution in [3.63, 3.8) is 0 Å². The Kier molecular flexibility index (Phi) is 3.06. The number of fused-ring (bicyclic) bond motifs is 1. The lowest BCUT2D eigenvalue weighted by Crippen LogP contribution is -2.06. The molecule has 0 bridgehead atoms. The normalized spacial score (nSPS) is 10.4. The van der Waals surface area contributed by atoms with Crippen molar-refractivity contribution in [3.8, 4) is 0 Å². The summed E-state index contributed by atoms with van der Waals surface area (Å²) in [5.41, 5.74) is 0.687. The Morgan fingerprint density at radius 2 is 2.19 bits per heavy atom. The fourth-order valence-electron chi connectivity index (χ4n) is 1.58. The molecule has 0 aliphatic heterocycles. The van der Waals surface area contributed by atoms with E-state index in [-0.39, 0.29) is 12.4 Å². The van der Waals surface area contributed by atoms with E-state index < -0.39 is 0 Å². The maximum atomic E-state index is 11.2. The van der Waals surface area contributed by atoms with Crippen molar-refractivity contribution in [1.29, 1.82) is 0 Å². The van der Waals surface area contributed by atoms with E-state index in [4.69, 9.17) is 11.6 Å². The Balaban J connectivity index is 2.54. The number of rotatable bonds is 2. The summed E-state index contributed by atoms with van der Waals surface area (Å²) in [5, 5.41) is 2.45. The van der Waals surface area contributed by atoms with Crippen LogP contribution in [0.1, 0.15) is 5.69 Å². The molecule has 0 saturated carbocycles. The van der Waals surface area contributed by atoms with Crippen LogP contribution in [0.3, 0.4) is 0 Å². The molecule has 1 heterocycles. The molecule has 1 aromatic heterocycles. The van der Waals surface area contributed by atoms with Gasteiger partial charge < -0.3 is 4.74 Å². The summed E-state index contributed by atoms with van der Waals surface area (Å²) in [6, 6.07) is 7.38. The predicted molar refractivity (Wildman–Crippen MR) is 62.5 cm³/mol. The van der Waals surface area contributed by atoms with Crippen LogP contribution in [0.5, 0.6) is 0 Å². The molecule has 82 valence electrons. The standard InChI is InChI=1S/C12H10ClNO2/c1-16-12(15)7-11-9-3-2-4-10(13)8(9)5-6-14-11/h2-6H,7H2,1H3. The minimum Gasteiger partial charge on any atom is -0.469 e. The number of hydrogen-bond acceptors (Lipinski definition) is 3. The summed E-state index contributed by atoms with van der Waals surface area (Å²) in [7, 11) is 1.36. The van der Waals surface area contributed by atoms with Gasteiger partial charge in [-0.2, -0.15) is 0 Å². The van der Waals surface area contributed by atoms with Gasteiger partial charge in [-0.05, 0) is 12.1 Å². The fourth-order valence-corrected chi connectivity index (χ4v) is 1.82. The van der Waals surface area contributed by atoms with E-state index in [9.17, 15) is 4.79 Å². The molecule has 0 spiro atoms. The van der Waals surface area contributed by atoms with Gasteiger partial charge in [0.1, 0.15) is 0 Å². The Hall–Kier alpha value is -1.61. The SMILES string of the molecule is COC(=O)Cc1nccc2c(Cl)cccc12. The van der Waals surface area contributed by atoms with Crippen LogP contribution in [-0.4, -0.2) is 18.1 Å². The number of aromatic nitrogens is 1. The summed E-state index contributed by atoms with van der Waals surface area (Å²) in [4.78, 5) is 15.4. The highest BCUT2D eigenvalue weighted by Gasteiger charge is 2.09. The van der Waals surface area contributed by atoms with Crippen molar-refractivity contribution in [3.05, 3.63) is 41.2 Å². The molecule has 0 fully saturated rings. The van der Waals surface area contributed by atoms with Gasteiger partial charge in [0, 0.05) is 22.0 Å². The van der Waals surface area contributed by atoms with Crippen LogP contribution < -0.4 is 0 Å². The van der Waals surface area contributed by atoms with Gasteiger partial charge in [-0.25, -0.2) is 0 Å². The second kappa shape index (κ2) is 4.49. The first-order valence-electron chi connectivity index (χ1n) is 4.81. The summed E-state index contributed by atoms with van der Waals surface area (Å²) in [5.74, 6) is -0.306. The van der Waals surface area contributed by atoms with Crippen molar-refractivity contribution >= 4 is 28.3 Å². The first-order chi connectivity index (χ1) is 7.72. The van der Waals surface area contributed by atoms with Crippen LogP contribution >= 0.6 is 11.6 Å². The third-order valence-corrected chi connectivity index (χ3v) is 2.70. The Labute approximate surface area is 98.0 Å². The Bertz CT molecular complexity index is 540. The van der Waals surface area contributed by atoms with Gasteiger partial charge in [-0.3, -0.25) is 9.78 Å². The van der Waals surface area contributed by atoms with Crippen LogP contribution in [-0.2, 0) is 16.0 Å². The van der Waals surface area contributed by atoms with Crippen molar-refractivity contribution in [2.45, 2.75) is 6.42 Å². The van der Waals surface area contributed by atoms with Crippen LogP contribution in [0.25, 0.3) is 10.8 Å². The highest BCUT2D eigenvalue weighted by Crippen LogP contribution is 2.24. The van der Waals surface area contributed by atoms with E-state index in [0.29, 0.717) is 10.7 Å². The minimum absolute atomic E-state index is 0.161. The smallest absolute Gasteiger partial charge is 0.311 e. The zero-order valence-corrected chi connectivity index (χ0v) is 9.49. The predicted octanol–water partition coefficient (Wildman–Crippen LogP) is 2.60. The van der Waals surface area contributed by atoms with E-state index in [0.717, 1.165) is 10.8 Å². The van der Waals surface area contributed by atoms with Gasteiger partial charge in [-0.15, -0.1) is 0 Å². The van der Waals surface area contributed by atoms with Crippen molar-refractivity contribution in [2.24, 2.45) is 0 Å². The number of carbonyl (C=O) groups excluding carboxylic acids is 1. The molecule has 0 atom stereocenters. The molecule has 0 radical (unpaired) electrons. The molecular weight excluding hydrogens is 226 g/mol. The average Bonchev–Trinajstić information content (AvgIpc) is 2.30. The molecule has 0 saturated heterocycles. The lowest BCUT2D eigenvalue weighted by molar-refractivity contribution is -0.139. The van der Waals surface area contributed by atoms with Gasteiger partial charge in [0.05, 0.1) is 19.2 Å². The number of pyridine rings is 1. The van der Waals surface area contributed by atoms with Crippen molar-refractivity contribution in [1.82, 2.24) is 4.98 Å². The molecular formula is C12H10ClNO2. The van der Waals surface area contributed by atoms with Crippen LogP contribution in [0.2, 0.25) is 5.02 Å². The van der Waals surface area contributed by atoms with Gasteiger partial charge in [0.25, 0.3) is 0 Å². The highest BCUT2D eigenvalue weighted by atomic mass is 35.5. The highest BCUT2D eigenvalue weighted by molar-refractivity contribution is 6.35. The van der Waals surface area contributed by atoms with Crippen LogP contribution in [0, 0.1) is 0 Å². The number of methoxy groups -OCH3 is 1. The molecule has 0 amide bonds. The molecule has 0 N–H and O–H groups in total. The summed E-state index contributed by atoms with van der Waals surface area (Å²) in [6.45, 7) is 0. The maximum absolute atomic E-state index is 11.2. The number of benzene rings is 1. The monoisotopic (exact) mass is 235 g/mol. The number of hydrogen-bond donors (Lipinski definition) is 0. The lowest BCUT2D eigenvalue weighted by atomic mass is 10.1. The molecule has 16 heavy (non-hydrogen) atoms. The second-order valence-corrected chi connectivity index (χ2v) is 3.75. The second-order valence-electron chi connectivity index (χ2n) is 3.35. The summed E-state index contributed by atoms with van der Waals surface area (Å²) < 4.78 is 4.62. The number of nitrogens with zero attached hydrogens (tertiary/aromatic N) is 1. The van der Waals surface area contributed by atoms with E-state index in [1.165, 1.54) is 7.11 Å². The van der Waals surface area contributed by atoms with Crippen molar-refractivity contribution in [2.75, 3.05) is 7.11 Å². The largest absolute Gasteiger partial charge is 0.469 e. The molecule has 2 rings (SSSR count). The quantitative estimate of drug-likeness (QED) is 0.751. The van der Waals surface area contributed by atoms with Crippen LogP contribution in [0.15, 0.2) is 30.5 Å². The summed E-state index contributed by atoms with van der Waals surface area (Å²) >= 11 is 6.06. The Morgan fingerprint density at radius 3 is 2.94 bits per heavy atom. The van der Waals surface area contributed by atoms with Crippen molar-refractivity contribution < 1.29 is 9.53 Å². The minimum atomic E-state index is -0.306. The molecule has 0 aliphatic carbocycles. The lowest BCUT2D eigenvalue weighted by Gasteiger charge is -2.05. The molecule has 2 aromatic rings. The molecule has 0 aliphatic rings. The maximum Gasteiger partial charge on any atom is 0.311 e. The zero-order valence-electron chi connectivity index (χ0n) is 8.74. The van der Waals surface area contributed by atoms with Gasteiger partial charge in [-0.1, -0.05) is 23.7 Å². The van der Waals surface area contributed by atoms with Gasteiger partial charge in [0.15, 0.2) is 0 Å². The zero-order chi connectivity index (χ0) is 11.5. The number of esters is 1.